The van der Waals surface area contributed by atoms with Gasteiger partial charge in [-0.05, 0) is 60.8 Å². The lowest BCUT2D eigenvalue weighted by molar-refractivity contribution is 0.0680. The molecule has 2 heterocycles. The van der Waals surface area contributed by atoms with Crippen molar-refractivity contribution in [2.45, 2.75) is 72.4 Å². The maximum absolute atomic E-state index is 9.79. The van der Waals surface area contributed by atoms with Crippen LogP contribution in [0.5, 0.6) is 0 Å². The van der Waals surface area contributed by atoms with Gasteiger partial charge in [0.1, 0.15) is 5.82 Å². The molecule has 2 aromatic rings. The molecule has 2 aromatic heterocycles. The molecule has 0 spiro atoms. The second-order valence-corrected chi connectivity index (χ2v) is 6.98. The molecule has 2 N–H and O–H groups in total. The summed E-state index contributed by atoms with van der Waals surface area (Å²) >= 11 is 0. The Kier molecular flexibility index (Phi) is 4.75. The average Bonchev–Trinajstić information content (AvgIpc) is 2.65. The molecule has 0 bridgehead atoms. The zero-order chi connectivity index (χ0) is 16.5. The number of hydrogen-bond donors (Lipinski definition) is 2. The Morgan fingerprint density at radius 2 is 2.00 bits per heavy atom. The van der Waals surface area contributed by atoms with Crippen molar-refractivity contribution in [3.05, 3.63) is 23.0 Å². The first-order valence-electron chi connectivity index (χ1n) is 8.00. The molecule has 0 aliphatic heterocycles. The first-order valence-corrected chi connectivity index (χ1v) is 8.00. The lowest BCUT2D eigenvalue weighted by Crippen LogP contribution is -2.21. The van der Waals surface area contributed by atoms with Gasteiger partial charge in [0.05, 0.1) is 11.3 Å². The molecule has 5 nitrogen and oxygen atoms in total. The summed E-state index contributed by atoms with van der Waals surface area (Å²) in [6, 6.07) is 2.35. The van der Waals surface area contributed by atoms with Gasteiger partial charge in [-0.25, -0.2) is 4.98 Å². The summed E-state index contributed by atoms with van der Waals surface area (Å²) in [5.74, 6) is 0.981. The van der Waals surface area contributed by atoms with Crippen LogP contribution in [0.15, 0.2) is 6.07 Å². The van der Waals surface area contributed by atoms with E-state index in [1.54, 1.807) is 0 Å². The zero-order valence-electron chi connectivity index (χ0n) is 14.6. The number of aryl methyl sites for hydroxylation is 3. The van der Waals surface area contributed by atoms with Crippen LogP contribution in [0.3, 0.4) is 0 Å². The fourth-order valence-corrected chi connectivity index (χ4v) is 2.62. The summed E-state index contributed by atoms with van der Waals surface area (Å²) in [6.45, 7) is 11.9. The van der Waals surface area contributed by atoms with Gasteiger partial charge in [0.15, 0.2) is 5.65 Å². The SMILES string of the molecule is Cc1cc(NC(C)CCCC(C)(C)O)n2nc(C)c(C)c2n1. The van der Waals surface area contributed by atoms with Crippen molar-refractivity contribution in [2.75, 3.05) is 5.32 Å². The van der Waals surface area contributed by atoms with E-state index < -0.39 is 5.60 Å². The third-order valence-corrected chi connectivity index (χ3v) is 4.00. The van der Waals surface area contributed by atoms with Gasteiger partial charge < -0.3 is 10.4 Å². The number of aromatic nitrogens is 3. The van der Waals surface area contributed by atoms with Gasteiger partial charge in [-0.3, -0.25) is 0 Å². The second kappa shape index (κ2) is 6.24. The molecule has 1 unspecified atom stereocenters. The Bertz CT molecular complexity index is 655. The van der Waals surface area contributed by atoms with Gasteiger partial charge in [0, 0.05) is 23.4 Å². The van der Waals surface area contributed by atoms with E-state index in [1.807, 2.05) is 38.3 Å². The first kappa shape index (κ1) is 16.7. The molecule has 0 aromatic carbocycles. The van der Waals surface area contributed by atoms with Gasteiger partial charge in [0.2, 0.25) is 0 Å². The van der Waals surface area contributed by atoms with Crippen LogP contribution >= 0.6 is 0 Å². The van der Waals surface area contributed by atoms with Crippen molar-refractivity contribution in [1.82, 2.24) is 14.6 Å². The van der Waals surface area contributed by atoms with E-state index in [-0.39, 0.29) is 0 Å². The van der Waals surface area contributed by atoms with Crippen LogP contribution in [-0.4, -0.2) is 31.3 Å². The van der Waals surface area contributed by atoms with Crippen LogP contribution in [0.1, 0.15) is 57.0 Å². The van der Waals surface area contributed by atoms with Gasteiger partial charge in [-0.1, -0.05) is 0 Å². The van der Waals surface area contributed by atoms with Crippen LogP contribution in [-0.2, 0) is 0 Å². The summed E-state index contributed by atoms with van der Waals surface area (Å²) in [7, 11) is 0. The molecular formula is C17H28N4O. The van der Waals surface area contributed by atoms with Gasteiger partial charge in [-0.15, -0.1) is 0 Å². The van der Waals surface area contributed by atoms with Crippen LogP contribution in [0.4, 0.5) is 5.82 Å². The molecule has 0 radical (unpaired) electrons. The van der Waals surface area contributed by atoms with Crippen molar-refractivity contribution in [1.29, 1.82) is 0 Å². The largest absolute Gasteiger partial charge is 0.390 e. The maximum atomic E-state index is 9.79. The highest BCUT2D eigenvalue weighted by molar-refractivity contribution is 5.56. The van der Waals surface area contributed by atoms with Crippen molar-refractivity contribution in [3.63, 3.8) is 0 Å². The van der Waals surface area contributed by atoms with Gasteiger partial charge in [-0.2, -0.15) is 9.61 Å². The highest BCUT2D eigenvalue weighted by Crippen LogP contribution is 2.20. The normalized spacial score (nSPS) is 13.6. The monoisotopic (exact) mass is 304 g/mol. The molecule has 0 aliphatic carbocycles. The highest BCUT2D eigenvalue weighted by atomic mass is 16.3. The van der Waals surface area contributed by atoms with E-state index in [9.17, 15) is 5.11 Å². The Morgan fingerprint density at radius 1 is 1.32 bits per heavy atom. The van der Waals surface area contributed by atoms with Crippen molar-refractivity contribution in [2.24, 2.45) is 0 Å². The minimum atomic E-state index is -0.587. The predicted molar refractivity (Wildman–Crippen MR) is 90.4 cm³/mol. The summed E-state index contributed by atoms with van der Waals surface area (Å²) in [6.07, 6.45) is 2.80. The van der Waals surface area contributed by atoms with E-state index in [0.717, 1.165) is 47.7 Å². The Hall–Kier alpha value is -1.62. The highest BCUT2D eigenvalue weighted by Gasteiger charge is 2.15. The fraction of sp³-hybridized carbons (Fsp3) is 0.647. The summed E-state index contributed by atoms with van der Waals surface area (Å²) in [5.41, 5.74) is 3.46. The van der Waals surface area contributed by atoms with Crippen LogP contribution in [0.2, 0.25) is 0 Å². The number of fused-ring (bicyclic) bond motifs is 1. The fourth-order valence-electron chi connectivity index (χ4n) is 2.62. The Labute approximate surface area is 132 Å². The Morgan fingerprint density at radius 3 is 2.64 bits per heavy atom. The molecule has 0 saturated carbocycles. The van der Waals surface area contributed by atoms with E-state index in [1.165, 1.54) is 0 Å². The van der Waals surface area contributed by atoms with Crippen molar-refractivity contribution < 1.29 is 5.11 Å². The molecule has 0 saturated heterocycles. The molecule has 22 heavy (non-hydrogen) atoms. The van der Waals surface area contributed by atoms with E-state index in [2.05, 4.69) is 29.2 Å². The van der Waals surface area contributed by atoms with Crippen LogP contribution in [0, 0.1) is 20.8 Å². The summed E-state index contributed by atoms with van der Waals surface area (Å²) < 4.78 is 1.89. The van der Waals surface area contributed by atoms with E-state index in [4.69, 9.17) is 0 Å². The molecule has 1 atom stereocenters. The molecule has 5 heteroatoms. The van der Waals surface area contributed by atoms with Crippen LogP contribution in [0.25, 0.3) is 5.65 Å². The number of nitrogens with one attached hydrogen (secondary N) is 1. The quantitative estimate of drug-likeness (QED) is 0.858. The smallest absolute Gasteiger partial charge is 0.160 e. The number of rotatable bonds is 6. The molecule has 2 rings (SSSR count). The molecule has 0 fully saturated rings. The number of anilines is 1. The number of hydrogen-bond acceptors (Lipinski definition) is 4. The minimum Gasteiger partial charge on any atom is -0.390 e. The van der Waals surface area contributed by atoms with Crippen molar-refractivity contribution >= 4 is 11.5 Å². The summed E-state index contributed by atoms with van der Waals surface area (Å²) in [5, 5.41) is 17.9. The lowest BCUT2D eigenvalue weighted by atomic mass is 10.00. The zero-order valence-corrected chi connectivity index (χ0v) is 14.6. The van der Waals surface area contributed by atoms with Gasteiger partial charge in [0.25, 0.3) is 0 Å². The third kappa shape index (κ3) is 3.97. The van der Waals surface area contributed by atoms with E-state index in [0.29, 0.717) is 6.04 Å². The molecule has 0 amide bonds. The number of nitrogens with zero attached hydrogens (tertiary/aromatic N) is 3. The van der Waals surface area contributed by atoms with E-state index >= 15 is 0 Å². The van der Waals surface area contributed by atoms with Crippen LogP contribution < -0.4 is 5.32 Å². The topological polar surface area (TPSA) is 62.5 Å². The number of aliphatic hydroxyl groups is 1. The summed E-state index contributed by atoms with van der Waals surface area (Å²) in [4.78, 5) is 4.59. The first-order chi connectivity index (χ1) is 10.2. The minimum absolute atomic E-state index is 0.317. The molecule has 122 valence electrons. The maximum Gasteiger partial charge on any atom is 0.160 e. The standard InChI is InChI=1S/C17H28N4O/c1-11(8-7-9-17(5,6)22)18-15-10-12(2)19-16-13(3)14(4)20-21(15)16/h10-11,18,22H,7-9H2,1-6H3. The second-order valence-electron chi connectivity index (χ2n) is 6.98. The molecule has 0 aliphatic rings. The Balaban J connectivity index is 2.12. The molecular weight excluding hydrogens is 276 g/mol. The average molecular weight is 304 g/mol. The predicted octanol–water partition coefficient (Wildman–Crippen LogP) is 3.40. The van der Waals surface area contributed by atoms with Crippen molar-refractivity contribution in [3.8, 4) is 0 Å². The lowest BCUT2D eigenvalue weighted by Gasteiger charge is -2.20. The van der Waals surface area contributed by atoms with Gasteiger partial charge >= 0.3 is 0 Å². The third-order valence-electron chi connectivity index (χ3n) is 4.00.